The molecule has 0 unspecified atom stereocenters. The molecule has 1 heterocycles. The Balaban J connectivity index is 2.87. The summed E-state index contributed by atoms with van der Waals surface area (Å²) >= 11 is 9.31. The van der Waals surface area contributed by atoms with Crippen molar-refractivity contribution in [3.63, 3.8) is 0 Å². The molecule has 1 aromatic heterocycles. The molecule has 0 aliphatic heterocycles. The summed E-state index contributed by atoms with van der Waals surface area (Å²) in [5, 5.41) is 1.50. The summed E-state index contributed by atoms with van der Waals surface area (Å²) in [6, 6.07) is 5.36. The van der Waals surface area contributed by atoms with Gasteiger partial charge in [0.15, 0.2) is 6.29 Å². The van der Waals surface area contributed by atoms with E-state index in [0.717, 1.165) is 21.7 Å². The molecule has 0 atom stereocenters. The summed E-state index contributed by atoms with van der Waals surface area (Å²) < 4.78 is 0.903. The van der Waals surface area contributed by atoms with Crippen molar-refractivity contribution in [3.05, 3.63) is 33.4 Å². The van der Waals surface area contributed by atoms with E-state index in [-0.39, 0.29) is 0 Å². The van der Waals surface area contributed by atoms with Crippen molar-refractivity contribution in [2.45, 2.75) is 0 Å². The zero-order chi connectivity index (χ0) is 9.42. The van der Waals surface area contributed by atoms with Crippen LogP contribution in [-0.2, 0) is 0 Å². The normalized spacial score (nSPS) is 10.6. The van der Waals surface area contributed by atoms with Gasteiger partial charge in [-0.15, -0.1) is 0 Å². The lowest BCUT2D eigenvalue weighted by Crippen LogP contribution is -1.75. The SMILES string of the molecule is O=Cc1cc2c(Cl)ccc(Br)c2[nH]1. The third-order valence-corrected chi connectivity index (χ3v) is 2.83. The van der Waals surface area contributed by atoms with Crippen LogP contribution in [0.2, 0.25) is 5.02 Å². The molecule has 0 aliphatic carbocycles. The first-order chi connectivity index (χ1) is 6.22. The zero-order valence-corrected chi connectivity index (χ0v) is 8.82. The predicted molar refractivity (Wildman–Crippen MR) is 56.4 cm³/mol. The molecule has 2 nitrogen and oxygen atoms in total. The van der Waals surface area contributed by atoms with Crippen molar-refractivity contribution in [2.75, 3.05) is 0 Å². The van der Waals surface area contributed by atoms with Crippen LogP contribution in [0.1, 0.15) is 10.5 Å². The molecule has 1 aromatic carbocycles. The van der Waals surface area contributed by atoms with Crippen molar-refractivity contribution in [1.82, 2.24) is 4.98 Å². The van der Waals surface area contributed by atoms with Gasteiger partial charge in [0.2, 0.25) is 0 Å². The maximum atomic E-state index is 10.5. The highest BCUT2D eigenvalue weighted by Crippen LogP contribution is 2.29. The minimum absolute atomic E-state index is 0.531. The molecule has 0 spiro atoms. The molecule has 2 rings (SSSR count). The van der Waals surface area contributed by atoms with Crippen molar-refractivity contribution in [1.29, 1.82) is 0 Å². The maximum absolute atomic E-state index is 10.5. The first-order valence-corrected chi connectivity index (χ1v) is 4.81. The van der Waals surface area contributed by atoms with Gasteiger partial charge in [0, 0.05) is 9.86 Å². The summed E-state index contributed by atoms with van der Waals surface area (Å²) in [7, 11) is 0. The average Bonchev–Trinajstić information content (AvgIpc) is 2.56. The lowest BCUT2D eigenvalue weighted by atomic mass is 10.2. The van der Waals surface area contributed by atoms with E-state index in [1.807, 2.05) is 6.07 Å². The van der Waals surface area contributed by atoms with Gasteiger partial charge in [0.25, 0.3) is 0 Å². The van der Waals surface area contributed by atoms with Crippen molar-refractivity contribution < 1.29 is 4.79 Å². The highest BCUT2D eigenvalue weighted by Gasteiger charge is 2.06. The Kier molecular flexibility index (Phi) is 2.14. The third kappa shape index (κ3) is 1.38. The van der Waals surface area contributed by atoms with Crippen LogP contribution in [0.15, 0.2) is 22.7 Å². The number of hydrogen-bond acceptors (Lipinski definition) is 1. The number of aromatic nitrogens is 1. The van der Waals surface area contributed by atoms with E-state index in [4.69, 9.17) is 11.6 Å². The van der Waals surface area contributed by atoms with Crippen LogP contribution in [0.25, 0.3) is 10.9 Å². The lowest BCUT2D eigenvalue weighted by molar-refractivity contribution is 0.112. The van der Waals surface area contributed by atoms with E-state index in [0.29, 0.717) is 10.7 Å². The number of halogens is 2. The number of nitrogens with one attached hydrogen (secondary N) is 1. The molecule has 0 saturated carbocycles. The number of H-pyrrole nitrogens is 1. The van der Waals surface area contributed by atoms with Gasteiger partial charge in [-0.1, -0.05) is 11.6 Å². The summed E-state index contributed by atoms with van der Waals surface area (Å²) in [6.07, 6.45) is 0.767. The molecule has 1 N–H and O–H groups in total. The van der Waals surface area contributed by atoms with Gasteiger partial charge >= 0.3 is 0 Å². The number of carbonyl (C=O) groups excluding carboxylic acids is 1. The Labute approximate surface area is 88.0 Å². The van der Waals surface area contributed by atoms with Gasteiger partial charge in [-0.3, -0.25) is 4.79 Å². The standard InChI is InChI=1S/C9H5BrClNO/c10-7-1-2-8(11)6-3-5(4-13)12-9(6)7/h1-4,12H. The Morgan fingerprint density at radius 3 is 2.85 bits per heavy atom. The van der Waals surface area contributed by atoms with Crippen LogP contribution >= 0.6 is 27.5 Å². The van der Waals surface area contributed by atoms with Gasteiger partial charge < -0.3 is 4.98 Å². The fraction of sp³-hybridized carbons (Fsp3) is 0. The molecule has 0 amide bonds. The minimum atomic E-state index is 0.531. The summed E-state index contributed by atoms with van der Waals surface area (Å²) in [5.74, 6) is 0. The van der Waals surface area contributed by atoms with Crippen LogP contribution in [0.4, 0.5) is 0 Å². The number of carbonyl (C=O) groups is 1. The van der Waals surface area contributed by atoms with Crippen molar-refractivity contribution in [2.24, 2.45) is 0 Å². The maximum Gasteiger partial charge on any atom is 0.166 e. The van der Waals surface area contributed by atoms with Crippen LogP contribution < -0.4 is 0 Å². The van der Waals surface area contributed by atoms with Crippen molar-refractivity contribution in [3.8, 4) is 0 Å². The molecule has 0 bridgehead atoms. The smallest absolute Gasteiger partial charge is 0.166 e. The molecule has 0 aliphatic rings. The number of benzene rings is 1. The predicted octanol–water partition coefficient (Wildman–Crippen LogP) is 3.40. The van der Waals surface area contributed by atoms with E-state index < -0.39 is 0 Å². The Morgan fingerprint density at radius 1 is 1.46 bits per heavy atom. The summed E-state index contributed by atoms with van der Waals surface area (Å²) in [4.78, 5) is 13.5. The first-order valence-electron chi connectivity index (χ1n) is 3.64. The van der Waals surface area contributed by atoms with E-state index in [2.05, 4.69) is 20.9 Å². The van der Waals surface area contributed by atoms with E-state index in [1.165, 1.54) is 0 Å². The molecule has 4 heteroatoms. The Bertz CT molecular complexity index is 439. The molecular weight excluding hydrogens is 253 g/mol. The second-order valence-corrected chi connectivity index (χ2v) is 3.92. The number of fused-ring (bicyclic) bond motifs is 1. The molecule has 2 aromatic rings. The Morgan fingerprint density at radius 2 is 2.23 bits per heavy atom. The quantitative estimate of drug-likeness (QED) is 0.781. The lowest BCUT2D eigenvalue weighted by Gasteiger charge is -1.95. The monoisotopic (exact) mass is 257 g/mol. The first kappa shape index (κ1) is 8.78. The fourth-order valence-electron chi connectivity index (χ4n) is 1.24. The van der Waals surface area contributed by atoms with Gasteiger partial charge in [-0.2, -0.15) is 0 Å². The minimum Gasteiger partial charge on any atom is -0.351 e. The van der Waals surface area contributed by atoms with Gasteiger partial charge in [-0.05, 0) is 34.1 Å². The number of rotatable bonds is 1. The van der Waals surface area contributed by atoms with E-state index in [9.17, 15) is 4.79 Å². The van der Waals surface area contributed by atoms with Crippen LogP contribution in [0, 0.1) is 0 Å². The van der Waals surface area contributed by atoms with Crippen LogP contribution in [-0.4, -0.2) is 11.3 Å². The Hall–Kier alpha value is -0.800. The molecule has 0 fully saturated rings. The van der Waals surface area contributed by atoms with Gasteiger partial charge in [0.05, 0.1) is 16.2 Å². The van der Waals surface area contributed by atoms with Crippen LogP contribution in [0.3, 0.4) is 0 Å². The van der Waals surface area contributed by atoms with E-state index in [1.54, 1.807) is 12.1 Å². The second-order valence-electron chi connectivity index (χ2n) is 2.66. The number of hydrogen-bond donors (Lipinski definition) is 1. The zero-order valence-electron chi connectivity index (χ0n) is 6.47. The van der Waals surface area contributed by atoms with E-state index >= 15 is 0 Å². The van der Waals surface area contributed by atoms with Gasteiger partial charge in [-0.25, -0.2) is 0 Å². The summed E-state index contributed by atoms with van der Waals surface area (Å²) in [6.45, 7) is 0. The van der Waals surface area contributed by atoms with Crippen LogP contribution in [0.5, 0.6) is 0 Å². The largest absolute Gasteiger partial charge is 0.351 e. The highest BCUT2D eigenvalue weighted by atomic mass is 79.9. The van der Waals surface area contributed by atoms with Gasteiger partial charge in [0.1, 0.15) is 0 Å². The van der Waals surface area contributed by atoms with Crippen molar-refractivity contribution >= 4 is 44.7 Å². The second kappa shape index (κ2) is 3.16. The molecule has 13 heavy (non-hydrogen) atoms. The summed E-state index contributed by atoms with van der Waals surface area (Å²) in [5.41, 5.74) is 1.39. The number of aromatic amines is 1. The average molecular weight is 259 g/mol. The molecule has 66 valence electrons. The molecular formula is C9H5BrClNO. The number of aldehydes is 1. The third-order valence-electron chi connectivity index (χ3n) is 1.84. The highest BCUT2D eigenvalue weighted by molar-refractivity contribution is 9.10. The molecule has 0 radical (unpaired) electrons. The fourth-order valence-corrected chi connectivity index (χ4v) is 1.89. The topological polar surface area (TPSA) is 32.9 Å². The molecule has 0 saturated heterocycles.